The molecule has 9 heteroatoms. The second-order valence-corrected chi connectivity index (χ2v) is 7.17. The molecule has 2 aromatic heterocycles. The summed E-state index contributed by atoms with van der Waals surface area (Å²) in [6, 6.07) is 11.3. The minimum Gasteiger partial charge on any atom is -0.366 e. The van der Waals surface area contributed by atoms with Crippen LogP contribution in [0.1, 0.15) is 36.0 Å². The minimum atomic E-state index is -0.548. The number of nitrogens with two attached hydrogens (primary N) is 2. The molecule has 1 aliphatic carbocycles. The number of nitrogens with zero attached hydrogens (tertiary/aromatic N) is 4. The second kappa shape index (κ2) is 8.27. The van der Waals surface area contributed by atoms with Crippen molar-refractivity contribution < 1.29 is 4.79 Å². The van der Waals surface area contributed by atoms with Gasteiger partial charge in [0.15, 0.2) is 0 Å². The van der Waals surface area contributed by atoms with Gasteiger partial charge in [-0.25, -0.2) is 14.6 Å². The van der Waals surface area contributed by atoms with Crippen LogP contribution in [0.3, 0.4) is 0 Å². The molecule has 1 aromatic carbocycles. The summed E-state index contributed by atoms with van der Waals surface area (Å²) >= 11 is 0. The van der Waals surface area contributed by atoms with Crippen molar-refractivity contribution in [1.29, 1.82) is 0 Å². The number of carbonyl (C=O) groups is 1. The van der Waals surface area contributed by atoms with Gasteiger partial charge < -0.3 is 22.1 Å². The fourth-order valence-electron chi connectivity index (χ4n) is 3.57. The number of amides is 1. The highest BCUT2D eigenvalue weighted by atomic mass is 16.1. The van der Waals surface area contributed by atoms with Crippen molar-refractivity contribution in [2.45, 2.75) is 37.8 Å². The maximum atomic E-state index is 11.9. The van der Waals surface area contributed by atoms with Crippen LogP contribution in [0.25, 0.3) is 5.69 Å². The largest absolute Gasteiger partial charge is 0.366 e. The quantitative estimate of drug-likeness (QED) is 0.504. The first-order valence-corrected chi connectivity index (χ1v) is 9.65. The zero-order chi connectivity index (χ0) is 20.2. The van der Waals surface area contributed by atoms with Gasteiger partial charge >= 0.3 is 0 Å². The first kappa shape index (κ1) is 18.9. The number of hydrogen-bond donors (Lipinski definition) is 4. The van der Waals surface area contributed by atoms with Crippen LogP contribution in [0, 0.1) is 0 Å². The molecule has 0 unspecified atom stereocenters. The Labute approximate surface area is 168 Å². The molecule has 4 rings (SSSR count). The first-order chi connectivity index (χ1) is 14.1. The van der Waals surface area contributed by atoms with Gasteiger partial charge in [0.05, 0.1) is 11.3 Å². The number of primary amides is 1. The molecule has 2 atom stereocenters. The van der Waals surface area contributed by atoms with Crippen LogP contribution in [0.15, 0.2) is 49.1 Å². The molecule has 1 aliphatic rings. The van der Waals surface area contributed by atoms with Gasteiger partial charge in [-0.3, -0.25) is 4.79 Å². The number of anilines is 3. The standard InChI is InChI=1S/C20H24N8O/c21-16-6-1-2-7-17(16)26-18-9-8-15(19(22)29)20(27-18)25-13-4-3-5-14(10-13)28-12-23-11-24-28/h3-5,8-12,16-17H,1-2,6-7,21H2,(H2,22,29)(H2,25,26,27)/t16-,17+/m0/s1. The summed E-state index contributed by atoms with van der Waals surface area (Å²) in [5.41, 5.74) is 13.7. The molecule has 0 aliphatic heterocycles. The van der Waals surface area contributed by atoms with E-state index in [1.165, 1.54) is 6.33 Å². The Morgan fingerprint density at radius 3 is 2.79 bits per heavy atom. The van der Waals surface area contributed by atoms with Crippen molar-refractivity contribution in [2.24, 2.45) is 11.5 Å². The molecule has 0 radical (unpaired) electrons. The summed E-state index contributed by atoms with van der Waals surface area (Å²) in [6.07, 6.45) is 7.38. The molecular weight excluding hydrogens is 368 g/mol. The predicted molar refractivity (Wildman–Crippen MR) is 111 cm³/mol. The van der Waals surface area contributed by atoms with Crippen molar-refractivity contribution in [3.63, 3.8) is 0 Å². The highest BCUT2D eigenvalue weighted by Crippen LogP contribution is 2.25. The summed E-state index contributed by atoms with van der Waals surface area (Å²) in [5.74, 6) is 0.503. The highest BCUT2D eigenvalue weighted by Gasteiger charge is 2.22. The average molecular weight is 392 g/mol. The molecule has 1 amide bonds. The Morgan fingerprint density at radius 1 is 1.17 bits per heavy atom. The topological polar surface area (TPSA) is 137 Å². The van der Waals surface area contributed by atoms with Crippen molar-refractivity contribution in [1.82, 2.24) is 19.7 Å². The van der Waals surface area contributed by atoms with Crippen LogP contribution in [-0.4, -0.2) is 37.7 Å². The summed E-state index contributed by atoms with van der Waals surface area (Å²) in [5, 5.41) is 10.7. The third-order valence-electron chi connectivity index (χ3n) is 5.11. The third kappa shape index (κ3) is 4.35. The average Bonchev–Trinajstić information content (AvgIpc) is 3.25. The Hall–Kier alpha value is -3.46. The van der Waals surface area contributed by atoms with E-state index in [2.05, 4.69) is 25.7 Å². The molecule has 1 fully saturated rings. The first-order valence-electron chi connectivity index (χ1n) is 9.65. The number of carbonyl (C=O) groups excluding carboxylic acids is 1. The molecule has 150 valence electrons. The molecule has 9 nitrogen and oxygen atoms in total. The maximum absolute atomic E-state index is 11.9. The van der Waals surface area contributed by atoms with E-state index in [1.54, 1.807) is 23.1 Å². The van der Waals surface area contributed by atoms with E-state index in [4.69, 9.17) is 11.5 Å². The zero-order valence-corrected chi connectivity index (χ0v) is 16.0. The molecule has 3 aromatic rings. The number of nitrogens with one attached hydrogen (secondary N) is 2. The Morgan fingerprint density at radius 2 is 2.03 bits per heavy atom. The third-order valence-corrected chi connectivity index (χ3v) is 5.11. The fourth-order valence-corrected chi connectivity index (χ4v) is 3.57. The summed E-state index contributed by atoms with van der Waals surface area (Å²) in [6.45, 7) is 0. The summed E-state index contributed by atoms with van der Waals surface area (Å²) in [4.78, 5) is 20.5. The SMILES string of the molecule is NC(=O)c1ccc(N[C@@H]2CCCC[C@@H]2N)nc1Nc1cccc(-n2cncn2)c1. The normalized spacial score (nSPS) is 18.9. The van der Waals surface area contributed by atoms with E-state index in [0.717, 1.165) is 37.1 Å². The number of pyridine rings is 1. The molecule has 1 saturated carbocycles. The predicted octanol–water partition coefficient (Wildman–Crippen LogP) is 2.19. The van der Waals surface area contributed by atoms with Crippen LogP contribution in [0.5, 0.6) is 0 Å². The van der Waals surface area contributed by atoms with E-state index < -0.39 is 5.91 Å². The zero-order valence-electron chi connectivity index (χ0n) is 16.0. The van der Waals surface area contributed by atoms with Crippen LogP contribution in [0.2, 0.25) is 0 Å². The van der Waals surface area contributed by atoms with Gasteiger partial charge in [0, 0.05) is 17.8 Å². The van der Waals surface area contributed by atoms with Gasteiger partial charge in [-0.2, -0.15) is 5.10 Å². The number of hydrogen-bond acceptors (Lipinski definition) is 7. The van der Waals surface area contributed by atoms with Crippen LogP contribution < -0.4 is 22.1 Å². The lowest BCUT2D eigenvalue weighted by atomic mass is 9.91. The molecule has 0 saturated heterocycles. The molecule has 29 heavy (non-hydrogen) atoms. The van der Waals surface area contributed by atoms with Crippen molar-refractivity contribution in [3.05, 3.63) is 54.6 Å². The van der Waals surface area contributed by atoms with Gasteiger partial charge in [0.25, 0.3) is 5.91 Å². The van der Waals surface area contributed by atoms with Gasteiger partial charge in [0.2, 0.25) is 0 Å². The van der Waals surface area contributed by atoms with E-state index in [9.17, 15) is 4.79 Å². The van der Waals surface area contributed by atoms with Crippen molar-refractivity contribution >= 4 is 23.2 Å². The van der Waals surface area contributed by atoms with Gasteiger partial charge in [-0.1, -0.05) is 18.9 Å². The van der Waals surface area contributed by atoms with Crippen LogP contribution >= 0.6 is 0 Å². The molecule has 2 heterocycles. The highest BCUT2D eigenvalue weighted by molar-refractivity contribution is 5.98. The van der Waals surface area contributed by atoms with E-state index >= 15 is 0 Å². The van der Waals surface area contributed by atoms with Gasteiger partial charge in [0.1, 0.15) is 24.3 Å². The molecular formula is C20H24N8O. The summed E-state index contributed by atoms with van der Waals surface area (Å²) in [7, 11) is 0. The molecule has 0 spiro atoms. The van der Waals surface area contributed by atoms with Crippen molar-refractivity contribution in [2.75, 3.05) is 10.6 Å². The Balaban J connectivity index is 1.60. The van der Waals surface area contributed by atoms with Gasteiger partial charge in [-0.15, -0.1) is 0 Å². The number of rotatable bonds is 6. The lowest BCUT2D eigenvalue weighted by Crippen LogP contribution is -2.42. The van der Waals surface area contributed by atoms with Crippen LogP contribution in [0.4, 0.5) is 17.3 Å². The number of benzene rings is 1. The van der Waals surface area contributed by atoms with Crippen LogP contribution in [-0.2, 0) is 0 Å². The number of aromatic nitrogens is 4. The Bertz CT molecular complexity index is 988. The van der Waals surface area contributed by atoms with E-state index in [0.29, 0.717) is 17.2 Å². The maximum Gasteiger partial charge on any atom is 0.252 e. The van der Waals surface area contributed by atoms with E-state index in [-0.39, 0.29) is 12.1 Å². The van der Waals surface area contributed by atoms with E-state index in [1.807, 2.05) is 24.3 Å². The lowest BCUT2D eigenvalue weighted by molar-refractivity contribution is 0.100. The van der Waals surface area contributed by atoms with Crippen molar-refractivity contribution in [3.8, 4) is 5.69 Å². The lowest BCUT2D eigenvalue weighted by Gasteiger charge is -2.29. The minimum absolute atomic E-state index is 0.0946. The van der Waals surface area contributed by atoms with Gasteiger partial charge in [-0.05, 0) is 43.2 Å². The Kier molecular flexibility index (Phi) is 5.39. The smallest absolute Gasteiger partial charge is 0.252 e. The summed E-state index contributed by atoms with van der Waals surface area (Å²) < 4.78 is 1.65. The fraction of sp³-hybridized carbons (Fsp3) is 0.300. The monoisotopic (exact) mass is 392 g/mol. The molecule has 0 bridgehead atoms. The second-order valence-electron chi connectivity index (χ2n) is 7.17. The molecule has 6 N–H and O–H groups in total.